The summed E-state index contributed by atoms with van der Waals surface area (Å²) in [5, 5.41) is 0.505. The van der Waals surface area contributed by atoms with Crippen LogP contribution in [0.3, 0.4) is 0 Å². The molecule has 0 aliphatic carbocycles. The second-order valence-corrected chi connectivity index (χ2v) is 4.02. The standard InChI is InChI=1S/C11H10ClNO3/c1-7(14)5-13-9-4-8(12)2-3-10(9)16-6-11(13)15/h2-4H,5-6H2,1H3. The SMILES string of the molecule is CC(=O)CN1C(=O)COc2ccc(Cl)cc21. The van der Waals surface area contributed by atoms with Gasteiger partial charge in [0.05, 0.1) is 12.2 Å². The monoisotopic (exact) mass is 239 g/mol. The van der Waals surface area contributed by atoms with Crippen molar-refractivity contribution in [3.05, 3.63) is 23.2 Å². The molecule has 0 aromatic heterocycles. The fraction of sp³-hybridized carbons (Fsp3) is 0.273. The quantitative estimate of drug-likeness (QED) is 0.789. The van der Waals surface area contributed by atoms with Crippen LogP contribution in [0.4, 0.5) is 5.69 Å². The molecule has 1 aliphatic rings. The van der Waals surface area contributed by atoms with Gasteiger partial charge in [-0.2, -0.15) is 0 Å². The Morgan fingerprint density at radius 2 is 2.31 bits per heavy atom. The zero-order valence-corrected chi connectivity index (χ0v) is 9.45. The van der Waals surface area contributed by atoms with Crippen LogP contribution in [0.5, 0.6) is 5.75 Å². The molecule has 16 heavy (non-hydrogen) atoms. The number of carbonyl (C=O) groups excluding carboxylic acids is 2. The van der Waals surface area contributed by atoms with Gasteiger partial charge in [-0.15, -0.1) is 0 Å². The van der Waals surface area contributed by atoms with Crippen LogP contribution >= 0.6 is 11.6 Å². The molecule has 0 saturated heterocycles. The summed E-state index contributed by atoms with van der Waals surface area (Å²) in [6.07, 6.45) is 0. The van der Waals surface area contributed by atoms with Crippen LogP contribution < -0.4 is 9.64 Å². The van der Waals surface area contributed by atoms with Gasteiger partial charge in [0, 0.05) is 5.02 Å². The van der Waals surface area contributed by atoms with Crippen molar-refractivity contribution in [2.75, 3.05) is 18.1 Å². The summed E-state index contributed by atoms with van der Waals surface area (Å²) < 4.78 is 5.24. The van der Waals surface area contributed by atoms with Crippen molar-refractivity contribution in [3.63, 3.8) is 0 Å². The summed E-state index contributed by atoms with van der Waals surface area (Å²) in [4.78, 5) is 24.1. The summed E-state index contributed by atoms with van der Waals surface area (Å²) in [5.74, 6) is 0.261. The van der Waals surface area contributed by atoms with E-state index < -0.39 is 0 Å². The number of hydrogen-bond acceptors (Lipinski definition) is 3. The van der Waals surface area contributed by atoms with Crippen LogP contribution in [0.15, 0.2) is 18.2 Å². The molecule has 5 heteroatoms. The number of rotatable bonds is 2. The number of ketones is 1. The third-order valence-corrected chi connectivity index (χ3v) is 2.48. The van der Waals surface area contributed by atoms with Gasteiger partial charge in [-0.05, 0) is 25.1 Å². The molecule has 1 amide bonds. The molecular formula is C11H10ClNO3. The highest BCUT2D eigenvalue weighted by molar-refractivity contribution is 6.31. The molecule has 0 radical (unpaired) electrons. The second-order valence-electron chi connectivity index (χ2n) is 3.58. The Morgan fingerprint density at radius 3 is 3.00 bits per heavy atom. The van der Waals surface area contributed by atoms with Gasteiger partial charge in [-0.1, -0.05) is 11.6 Å². The normalized spacial score (nSPS) is 14.4. The summed E-state index contributed by atoms with van der Waals surface area (Å²) >= 11 is 5.85. The van der Waals surface area contributed by atoms with Gasteiger partial charge in [-0.25, -0.2) is 0 Å². The zero-order valence-electron chi connectivity index (χ0n) is 8.70. The number of carbonyl (C=O) groups is 2. The molecule has 0 saturated carbocycles. The number of fused-ring (bicyclic) bond motifs is 1. The number of Topliss-reactive ketones (excluding diaryl/α,β-unsaturated/α-hetero) is 1. The van der Waals surface area contributed by atoms with Crippen LogP contribution in [-0.4, -0.2) is 24.8 Å². The van der Waals surface area contributed by atoms with E-state index in [1.54, 1.807) is 18.2 Å². The van der Waals surface area contributed by atoms with Gasteiger partial charge in [0.25, 0.3) is 5.91 Å². The average molecular weight is 240 g/mol. The molecule has 1 aromatic rings. The zero-order chi connectivity index (χ0) is 11.7. The number of amides is 1. The Kier molecular flexibility index (Phi) is 2.83. The van der Waals surface area contributed by atoms with E-state index in [-0.39, 0.29) is 24.8 Å². The van der Waals surface area contributed by atoms with Crippen molar-refractivity contribution in [2.24, 2.45) is 0 Å². The predicted octanol–water partition coefficient (Wildman–Crippen LogP) is 1.65. The predicted molar refractivity (Wildman–Crippen MR) is 60.0 cm³/mol. The van der Waals surface area contributed by atoms with E-state index in [1.165, 1.54) is 11.8 Å². The van der Waals surface area contributed by atoms with Gasteiger partial charge >= 0.3 is 0 Å². The van der Waals surface area contributed by atoms with E-state index in [9.17, 15) is 9.59 Å². The molecule has 0 unspecified atom stereocenters. The van der Waals surface area contributed by atoms with Crippen molar-refractivity contribution >= 4 is 29.0 Å². The van der Waals surface area contributed by atoms with Gasteiger partial charge in [-0.3, -0.25) is 14.5 Å². The van der Waals surface area contributed by atoms with Crippen molar-refractivity contribution in [3.8, 4) is 5.75 Å². The van der Waals surface area contributed by atoms with Gasteiger partial charge in [0.15, 0.2) is 6.61 Å². The Hall–Kier alpha value is -1.55. The number of halogens is 1. The Bertz CT molecular complexity index is 459. The van der Waals surface area contributed by atoms with E-state index in [0.717, 1.165) is 0 Å². The first-order valence-corrected chi connectivity index (χ1v) is 5.18. The van der Waals surface area contributed by atoms with Gasteiger partial charge < -0.3 is 4.74 Å². The first kappa shape index (κ1) is 11.0. The minimum atomic E-state index is -0.232. The fourth-order valence-corrected chi connectivity index (χ4v) is 1.74. The Morgan fingerprint density at radius 1 is 1.56 bits per heavy atom. The van der Waals surface area contributed by atoms with Crippen LogP contribution in [-0.2, 0) is 9.59 Å². The van der Waals surface area contributed by atoms with Crippen molar-refractivity contribution in [1.29, 1.82) is 0 Å². The van der Waals surface area contributed by atoms with Crippen LogP contribution in [0.25, 0.3) is 0 Å². The Balaban J connectivity index is 2.42. The van der Waals surface area contributed by atoms with E-state index in [2.05, 4.69) is 0 Å². The highest BCUT2D eigenvalue weighted by Crippen LogP contribution is 2.34. The minimum absolute atomic E-state index is 0.0398. The lowest BCUT2D eigenvalue weighted by Crippen LogP contribution is -2.41. The smallest absolute Gasteiger partial charge is 0.265 e. The number of hydrogen-bond donors (Lipinski definition) is 0. The largest absolute Gasteiger partial charge is 0.482 e. The summed E-state index contributed by atoms with van der Waals surface area (Å²) in [5.41, 5.74) is 0.555. The average Bonchev–Trinajstić information content (AvgIpc) is 2.22. The molecule has 0 bridgehead atoms. The Labute approximate surface area is 97.7 Å². The second kappa shape index (κ2) is 4.14. The molecule has 0 N–H and O–H groups in total. The lowest BCUT2D eigenvalue weighted by atomic mass is 10.2. The van der Waals surface area contributed by atoms with E-state index in [4.69, 9.17) is 16.3 Å². The number of benzene rings is 1. The topological polar surface area (TPSA) is 46.6 Å². The van der Waals surface area contributed by atoms with Gasteiger partial charge in [0.2, 0.25) is 0 Å². The number of ether oxygens (including phenoxy) is 1. The fourth-order valence-electron chi connectivity index (χ4n) is 1.57. The van der Waals surface area contributed by atoms with Crippen LogP contribution in [0, 0.1) is 0 Å². The molecule has 0 fully saturated rings. The van der Waals surface area contributed by atoms with Crippen molar-refractivity contribution in [1.82, 2.24) is 0 Å². The van der Waals surface area contributed by atoms with Crippen molar-refractivity contribution < 1.29 is 14.3 Å². The molecule has 1 aromatic carbocycles. The maximum absolute atomic E-state index is 11.6. The maximum atomic E-state index is 11.6. The lowest BCUT2D eigenvalue weighted by Gasteiger charge is -2.28. The summed E-state index contributed by atoms with van der Waals surface area (Å²) in [6, 6.07) is 5.00. The molecule has 0 spiro atoms. The highest BCUT2D eigenvalue weighted by atomic mass is 35.5. The lowest BCUT2D eigenvalue weighted by molar-refractivity contribution is -0.123. The van der Waals surface area contributed by atoms with Gasteiger partial charge in [0.1, 0.15) is 11.5 Å². The molecule has 1 heterocycles. The van der Waals surface area contributed by atoms with E-state index in [0.29, 0.717) is 16.5 Å². The molecule has 1 aliphatic heterocycles. The highest BCUT2D eigenvalue weighted by Gasteiger charge is 2.26. The molecular weight excluding hydrogens is 230 g/mol. The molecule has 4 nitrogen and oxygen atoms in total. The maximum Gasteiger partial charge on any atom is 0.265 e. The third kappa shape index (κ3) is 2.02. The summed E-state index contributed by atoms with van der Waals surface area (Å²) in [6.45, 7) is 1.45. The minimum Gasteiger partial charge on any atom is -0.482 e. The third-order valence-electron chi connectivity index (χ3n) is 2.24. The van der Waals surface area contributed by atoms with Crippen LogP contribution in [0.2, 0.25) is 5.02 Å². The molecule has 2 rings (SSSR count). The van der Waals surface area contributed by atoms with E-state index in [1.807, 2.05) is 0 Å². The summed E-state index contributed by atoms with van der Waals surface area (Å²) in [7, 11) is 0. The molecule has 0 atom stereocenters. The number of nitrogens with zero attached hydrogens (tertiary/aromatic N) is 1. The first-order valence-electron chi connectivity index (χ1n) is 4.80. The molecule has 84 valence electrons. The van der Waals surface area contributed by atoms with Crippen LogP contribution in [0.1, 0.15) is 6.92 Å². The van der Waals surface area contributed by atoms with Crippen molar-refractivity contribution in [2.45, 2.75) is 6.92 Å². The van der Waals surface area contributed by atoms with E-state index >= 15 is 0 Å². The first-order chi connectivity index (χ1) is 7.58. The number of anilines is 1.